The number of thiophene rings is 1. The number of nitrogens with zero attached hydrogens (tertiary/aromatic N) is 4. The summed E-state index contributed by atoms with van der Waals surface area (Å²) in [6, 6.07) is 14.2. The lowest BCUT2D eigenvalue weighted by Gasteiger charge is -2.18. The van der Waals surface area contributed by atoms with Crippen LogP contribution in [0.5, 0.6) is 5.75 Å². The van der Waals surface area contributed by atoms with Gasteiger partial charge in [0, 0.05) is 10.9 Å². The molecule has 1 unspecified atom stereocenters. The van der Waals surface area contributed by atoms with Gasteiger partial charge in [-0.2, -0.15) is 15.9 Å². The highest BCUT2D eigenvalue weighted by molar-refractivity contribution is 7.08. The highest BCUT2D eigenvalue weighted by Gasteiger charge is 2.13. The molecule has 0 aliphatic heterocycles. The number of anilines is 1. The van der Waals surface area contributed by atoms with Crippen LogP contribution in [0.2, 0.25) is 0 Å². The fourth-order valence-corrected chi connectivity index (χ4v) is 3.51. The van der Waals surface area contributed by atoms with Gasteiger partial charge in [0.1, 0.15) is 11.6 Å². The smallest absolute Gasteiger partial charge is 0.186 e. The first-order valence-corrected chi connectivity index (χ1v) is 9.38. The molecule has 4 aromatic rings. The summed E-state index contributed by atoms with van der Waals surface area (Å²) in [7, 11) is 1.67. The summed E-state index contributed by atoms with van der Waals surface area (Å²) in [5, 5.41) is 20.8. The zero-order valence-electron chi connectivity index (χ0n) is 14.6. The van der Waals surface area contributed by atoms with Crippen LogP contribution in [0.1, 0.15) is 24.9 Å². The molecule has 4 rings (SSSR count). The number of methoxy groups -OCH3 is 1. The van der Waals surface area contributed by atoms with Gasteiger partial charge in [-0.15, -0.1) is 15.3 Å². The van der Waals surface area contributed by atoms with E-state index in [-0.39, 0.29) is 6.04 Å². The molecule has 1 atom stereocenters. The Kier molecular flexibility index (Phi) is 4.53. The Hall–Kier alpha value is -2.93. The van der Waals surface area contributed by atoms with E-state index in [1.165, 1.54) is 5.56 Å². The number of benzene rings is 1. The van der Waals surface area contributed by atoms with Crippen LogP contribution >= 0.6 is 11.3 Å². The van der Waals surface area contributed by atoms with Crippen LogP contribution in [0.4, 0.5) is 5.82 Å². The number of hydrogen-bond acceptors (Lipinski definition) is 6. The SMILES string of the molecule is CCC(Nc1ccc2nnc(-c3ccsc3)n2n1)c1ccc(OC)cc1. The van der Waals surface area contributed by atoms with E-state index in [1.54, 1.807) is 23.0 Å². The molecule has 0 amide bonds. The second-order valence-electron chi connectivity index (χ2n) is 5.90. The van der Waals surface area contributed by atoms with E-state index in [0.29, 0.717) is 0 Å². The zero-order chi connectivity index (χ0) is 17.9. The zero-order valence-corrected chi connectivity index (χ0v) is 15.4. The van der Waals surface area contributed by atoms with Gasteiger partial charge in [0.2, 0.25) is 0 Å². The summed E-state index contributed by atoms with van der Waals surface area (Å²) in [5.41, 5.74) is 2.95. The summed E-state index contributed by atoms with van der Waals surface area (Å²) < 4.78 is 7.02. The molecule has 0 spiro atoms. The third-order valence-corrected chi connectivity index (χ3v) is 4.97. The summed E-state index contributed by atoms with van der Waals surface area (Å²) in [6.45, 7) is 2.15. The molecular weight excluding hydrogens is 346 g/mol. The lowest BCUT2D eigenvalue weighted by molar-refractivity contribution is 0.414. The highest BCUT2D eigenvalue weighted by Crippen LogP contribution is 2.25. The average molecular weight is 365 g/mol. The largest absolute Gasteiger partial charge is 0.497 e. The van der Waals surface area contributed by atoms with Gasteiger partial charge in [0.25, 0.3) is 0 Å². The van der Waals surface area contributed by atoms with E-state index in [9.17, 15) is 0 Å². The second kappa shape index (κ2) is 7.13. The average Bonchev–Trinajstić information content (AvgIpc) is 3.35. The van der Waals surface area contributed by atoms with Gasteiger partial charge in [-0.3, -0.25) is 0 Å². The van der Waals surface area contributed by atoms with E-state index in [4.69, 9.17) is 9.84 Å². The van der Waals surface area contributed by atoms with Crippen molar-refractivity contribution in [3.8, 4) is 17.1 Å². The van der Waals surface area contributed by atoms with E-state index in [2.05, 4.69) is 34.6 Å². The van der Waals surface area contributed by atoms with E-state index < -0.39 is 0 Å². The Morgan fingerprint density at radius 1 is 1.12 bits per heavy atom. The van der Waals surface area contributed by atoms with Crippen molar-refractivity contribution < 1.29 is 4.74 Å². The number of rotatable bonds is 6. The molecule has 0 aliphatic carbocycles. The fourth-order valence-electron chi connectivity index (χ4n) is 2.87. The summed E-state index contributed by atoms with van der Waals surface area (Å²) in [5.74, 6) is 2.40. The molecular formula is C19H19N5OS. The van der Waals surface area contributed by atoms with E-state index in [1.807, 2.05) is 41.1 Å². The third kappa shape index (κ3) is 3.13. The van der Waals surface area contributed by atoms with E-state index >= 15 is 0 Å². The van der Waals surface area contributed by atoms with Crippen molar-refractivity contribution >= 4 is 22.8 Å². The number of hydrogen-bond donors (Lipinski definition) is 1. The van der Waals surface area contributed by atoms with Gasteiger partial charge >= 0.3 is 0 Å². The van der Waals surface area contributed by atoms with Crippen molar-refractivity contribution in [2.75, 3.05) is 12.4 Å². The number of aromatic nitrogens is 4. The van der Waals surface area contributed by atoms with Crippen LogP contribution in [-0.2, 0) is 0 Å². The molecule has 1 N–H and O–H groups in total. The molecule has 0 saturated heterocycles. The summed E-state index contributed by atoms with van der Waals surface area (Å²) >= 11 is 1.63. The van der Waals surface area contributed by atoms with Crippen LogP contribution in [0, 0.1) is 0 Å². The van der Waals surface area contributed by atoms with Crippen molar-refractivity contribution in [2.45, 2.75) is 19.4 Å². The topological polar surface area (TPSA) is 64.3 Å². The first kappa shape index (κ1) is 16.5. The molecule has 7 heteroatoms. The van der Waals surface area contributed by atoms with Crippen molar-refractivity contribution in [2.24, 2.45) is 0 Å². The maximum atomic E-state index is 5.24. The van der Waals surface area contributed by atoms with Crippen molar-refractivity contribution in [3.63, 3.8) is 0 Å². The van der Waals surface area contributed by atoms with Gasteiger partial charge in [-0.1, -0.05) is 19.1 Å². The standard InChI is InChI=1S/C19H19N5OS/c1-3-16(13-4-6-15(25-2)7-5-13)20-17-8-9-18-21-22-19(24(18)23-17)14-10-11-26-12-14/h4-12,16H,3H2,1-2H3,(H,20,23). The predicted octanol–water partition coefficient (Wildman–Crippen LogP) is 4.42. The van der Waals surface area contributed by atoms with Gasteiger partial charge in [-0.25, -0.2) is 0 Å². The quantitative estimate of drug-likeness (QED) is 0.548. The monoisotopic (exact) mass is 365 g/mol. The van der Waals surface area contributed by atoms with Crippen LogP contribution in [0.25, 0.3) is 17.0 Å². The molecule has 0 fully saturated rings. The molecule has 3 heterocycles. The molecule has 132 valence electrons. The minimum atomic E-state index is 0.159. The minimum Gasteiger partial charge on any atom is -0.497 e. The molecule has 1 aromatic carbocycles. The van der Waals surface area contributed by atoms with Crippen molar-refractivity contribution in [1.29, 1.82) is 0 Å². The molecule has 3 aromatic heterocycles. The third-order valence-electron chi connectivity index (χ3n) is 4.29. The first-order valence-electron chi connectivity index (χ1n) is 8.44. The number of nitrogens with one attached hydrogen (secondary N) is 1. The van der Waals surface area contributed by atoms with Gasteiger partial charge in [-0.05, 0) is 47.7 Å². The first-order chi connectivity index (χ1) is 12.8. The van der Waals surface area contributed by atoms with E-state index in [0.717, 1.165) is 35.0 Å². The predicted molar refractivity (Wildman–Crippen MR) is 104 cm³/mol. The Labute approximate surface area is 155 Å². The summed E-state index contributed by atoms with van der Waals surface area (Å²) in [4.78, 5) is 0. The lowest BCUT2D eigenvalue weighted by atomic mass is 10.0. The maximum absolute atomic E-state index is 5.24. The van der Waals surface area contributed by atoms with Gasteiger partial charge in [0.15, 0.2) is 11.5 Å². The number of fused-ring (bicyclic) bond motifs is 1. The maximum Gasteiger partial charge on any atom is 0.186 e. The fraction of sp³-hybridized carbons (Fsp3) is 0.211. The van der Waals surface area contributed by atoms with Gasteiger partial charge < -0.3 is 10.1 Å². The Morgan fingerprint density at radius 3 is 2.65 bits per heavy atom. The second-order valence-corrected chi connectivity index (χ2v) is 6.68. The number of ether oxygens (including phenoxy) is 1. The molecule has 0 aliphatic rings. The molecule has 0 bridgehead atoms. The van der Waals surface area contributed by atoms with Crippen LogP contribution in [-0.4, -0.2) is 26.9 Å². The molecule has 0 saturated carbocycles. The normalized spacial score (nSPS) is 12.2. The Morgan fingerprint density at radius 2 is 1.96 bits per heavy atom. The molecule has 0 radical (unpaired) electrons. The summed E-state index contributed by atoms with van der Waals surface area (Å²) in [6.07, 6.45) is 0.936. The minimum absolute atomic E-state index is 0.159. The van der Waals surface area contributed by atoms with Crippen LogP contribution < -0.4 is 10.1 Å². The Bertz CT molecular complexity index is 995. The Balaban J connectivity index is 1.64. The molecule has 26 heavy (non-hydrogen) atoms. The molecule has 6 nitrogen and oxygen atoms in total. The van der Waals surface area contributed by atoms with Crippen LogP contribution in [0.3, 0.4) is 0 Å². The van der Waals surface area contributed by atoms with Crippen LogP contribution in [0.15, 0.2) is 53.2 Å². The highest BCUT2D eigenvalue weighted by atomic mass is 32.1. The van der Waals surface area contributed by atoms with Crippen molar-refractivity contribution in [3.05, 3.63) is 58.8 Å². The van der Waals surface area contributed by atoms with Gasteiger partial charge in [0.05, 0.1) is 13.2 Å². The van der Waals surface area contributed by atoms with Crippen molar-refractivity contribution in [1.82, 2.24) is 19.8 Å². The lowest BCUT2D eigenvalue weighted by Crippen LogP contribution is -2.12.